The molecule has 1 N–H and O–H groups in total. The molecule has 34 heavy (non-hydrogen) atoms. The minimum absolute atomic E-state index is 0.00189. The van der Waals surface area contributed by atoms with Crippen molar-refractivity contribution in [2.75, 3.05) is 0 Å². The van der Waals surface area contributed by atoms with Gasteiger partial charge in [-0.1, -0.05) is 54.1 Å². The fourth-order valence-electron chi connectivity index (χ4n) is 4.98. The Bertz CT molecular complexity index is 1330. The number of aromatic nitrogens is 2. The lowest BCUT2D eigenvalue weighted by Crippen LogP contribution is -2.29. The summed E-state index contributed by atoms with van der Waals surface area (Å²) in [6.07, 6.45) is 1.84. The van der Waals surface area contributed by atoms with Gasteiger partial charge in [-0.3, -0.25) is 4.98 Å². The van der Waals surface area contributed by atoms with Gasteiger partial charge in [0, 0.05) is 34.8 Å². The predicted molar refractivity (Wildman–Crippen MR) is 142 cm³/mol. The maximum absolute atomic E-state index is 6.38. The molecule has 0 saturated carbocycles. The van der Waals surface area contributed by atoms with Crippen molar-refractivity contribution in [3.05, 3.63) is 118 Å². The molecule has 1 aliphatic rings. The van der Waals surface area contributed by atoms with Crippen LogP contribution in [0.15, 0.2) is 79.0 Å². The molecule has 1 fully saturated rings. The highest BCUT2D eigenvalue weighted by molar-refractivity contribution is 7.80. The second-order valence-corrected chi connectivity index (χ2v) is 9.66. The summed E-state index contributed by atoms with van der Waals surface area (Å²) >= 11 is 12.3. The molecule has 1 aliphatic heterocycles. The normalized spacial score (nSPS) is 17.8. The standard InChI is InChI=1S/C28H27ClN4S/c1-18-12-13-22(29)16-25(18)33-19(2)15-23(20(33)3)27-26(24-11-7-8-14-30-24)31-28(34)32(27)17-21-9-5-4-6-10-21/h4-16,26-27H,17H2,1-3H3,(H,31,34)/t26-,27+/m1/s1. The molecule has 3 heterocycles. The zero-order valence-electron chi connectivity index (χ0n) is 19.5. The van der Waals surface area contributed by atoms with Gasteiger partial charge in [0.15, 0.2) is 5.11 Å². The maximum atomic E-state index is 6.38. The number of rotatable bonds is 5. The summed E-state index contributed by atoms with van der Waals surface area (Å²) in [6, 6.07) is 24.8. The maximum Gasteiger partial charge on any atom is 0.170 e. The van der Waals surface area contributed by atoms with Gasteiger partial charge in [0.1, 0.15) is 0 Å². The van der Waals surface area contributed by atoms with E-state index in [2.05, 4.69) is 83.0 Å². The average molecular weight is 487 g/mol. The van der Waals surface area contributed by atoms with Gasteiger partial charge in [0.05, 0.1) is 17.8 Å². The molecular weight excluding hydrogens is 460 g/mol. The van der Waals surface area contributed by atoms with E-state index in [-0.39, 0.29) is 12.1 Å². The van der Waals surface area contributed by atoms with Crippen LogP contribution >= 0.6 is 23.8 Å². The van der Waals surface area contributed by atoms with E-state index in [0.717, 1.165) is 33.8 Å². The first-order valence-corrected chi connectivity index (χ1v) is 12.2. The summed E-state index contributed by atoms with van der Waals surface area (Å²) in [5.41, 5.74) is 8.06. The van der Waals surface area contributed by atoms with E-state index < -0.39 is 0 Å². The van der Waals surface area contributed by atoms with Crippen LogP contribution in [0.2, 0.25) is 5.02 Å². The average Bonchev–Trinajstić information content (AvgIpc) is 3.31. The zero-order valence-corrected chi connectivity index (χ0v) is 21.1. The Balaban J connectivity index is 1.64. The number of pyridine rings is 1. The largest absolute Gasteiger partial charge is 0.352 e. The van der Waals surface area contributed by atoms with Crippen LogP contribution in [0.4, 0.5) is 0 Å². The Morgan fingerprint density at radius 3 is 2.47 bits per heavy atom. The molecule has 4 nitrogen and oxygen atoms in total. The third-order valence-electron chi connectivity index (χ3n) is 6.59. The lowest BCUT2D eigenvalue weighted by Gasteiger charge is -2.28. The Morgan fingerprint density at radius 2 is 1.74 bits per heavy atom. The molecule has 0 spiro atoms. The van der Waals surface area contributed by atoms with Gasteiger partial charge >= 0.3 is 0 Å². The summed E-state index contributed by atoms with van der Waals surface area (Å²) in [5.74, 6) is 0. The van der Waals surface area contributed by atoms with Crippen LogP contribution in [0, 0.1) is 20.8 Å². The highest BCUT2D eigenvalue weighted by atomic mass is 35.5. The highest BCUT2D eigenvalue weighted by Crippen LogP contribution is 2.42. The second-order valence-electron chi connectivity index (χ2n) is 8.83. The molecular formula is C28H27ClN4S. The molecule has 6 heteroatoms. The van der Waals surface area contributed by atoms with Gasteiger partial charge in [-0.25, -0.2) is 0 Å². The van der Waals surface area contributed by atoms with Crippen molar-refractivity contribution in [1.29, 1.82) is 0 Å². The molecule has 0 amide bonds. The minimum atomic E-state index is -0.0492. The fourth-order valence-corrected chi connectivity index (χ4v) is 5.45. The van der Waals surface area contributed by atoms with Gasteiger partial charge < -0.3 is 14.8 Å². The van der Waals surface area contributed by atoms with Crippen molar-refractivity contribution >= 4 is 28.9 Å². The van der Waals surface area contributed by atoms with E-state index >= 15 is 0 Å². The Kier molecular flexibility index (Phi) is 6.15. The summed E-state index contributed by atoms with van der Waals surface area (Å²) in [5, 5.41) is 5.05. The van der Waals surface area contributed by atoms with E-state index in [4.69, 9.17) is 23.8 Å². The van der Waals surface area contributed by atoms with Crippen LogP contribution < -0.4 is 5.32 Å². The van der Waals surface area contributed by atoms with Gasteiger partial charge in [-0.2, -0.15) is 0 Å². The number of nitrogens with one attached hydrogen (secondary N) is 1. The molecule has 0 radical (unpaired) electrons. The summed E-state index contributed by atoms with van der Waals surface area (Å²) < 4.78 is 2.30. The predicted octanol–water partition coefficient (Wildman–Crippen LogP) is 6.62. The third-order valence-corrected chi connectivity index (χ3v) is 7.18. The molecule has 4 aromatic rings. The van der Waals surface area contributed by atoms with Gasteiger partial charge in [-0.05, 0) is 80.0 Å². The topological polar surface area (TPSA) is 33.1 Å². The van der Waals surface area contributed by atoms with Crippen LogP contribution in [0.3, 0.4) is 0 Å². The number of aryl methyl sites for hydroxylation is 2. The number of halogens is 1. The summed E-state index contributed by atoms with van der Waals surface area (Å²) in [7, 11) is 0. The van der Waals surface area contributed by atoms with Crippen molar-refractivity contribution in [3.63, 3.8) is 0 Å². The number of hydrogen-bond acceptors (Lipinski definition) is 2. The Labute approximate surface area is 211 Å². The molecule has 0 unspecified atom stereocenters. The van der Waals surface area contributed by atoms with E-state index in [1.165, 1.54) is 22.4 Å². The number of thiocarbonyl (C=S) groups is 1. The highest BCUT2D eigenvalue weighted by Gasteiger charge is 2.41. The molecule has 0 aliphatic carbocycles. The second kappa shape index (κ2) is 9.24. The third kappa shape index (κ3) is 4.10. The summed E-state index contributed by atoms with van der Waals surface area (Å²) in [4.78, 5) is 6.97. The van der Waals surface area contributed by atoms with Crippen molar-refractivity contribution in [1.82, 2.24) is 19.8 Å². The van der Waals surface area contributed by atoms with E-state index in [1.54, 1.807) is 0 Å². The number of hydrogen-bond donors (Lipinski definition) is 1. The SMILES string of the molecule is Cc1ccc(Cl)cc1-n1c(C)cc([C@H]2[C@@H](c3ccccn3)NC(=S)N2Cc2ccccc2)c1C. The number of benzene rings is 2. The first kappa shape index (κ1) is 22.6. The van der Waals surface area contributed by atoms with Gasteiger partial charge in [0.2, 0.25) is 0 Å². The lowest BCUT2D eigenvalue weighted by molar-refractivity contribution is 0.310. The van der Waals surface area contributed by atoms with Crippen LogP contribution in [0.25, 0.3) is 5.69 Å². The monoisotopic (exact) mass is 486 g/mol. The Hall–Kier alpha value is -3.15. The molecule has 172 valence electrons. The Morgan fingerprint density at radius 1 is 0.971 bits per heavy atom. The minimum Gasteiger partial charge on any atom is -0.352 e. The van der Waals surface area contributed by atoms with E-state index in [9.17, 15) is 0 Å². The van der Waals surface area contributed by atoms with Gasteiger partial charge in [0.25, 0.3) is 0 Å². The van der Waals surface area contributed by atoms with Crippen LogP contribution in [-0.4, -0.2) is 19.6 Å². The smallest absolute Gasteiger partial charge is 0.170 e. The van der Waals surface area contributed by atoms with Crippen LogP contribution in [-0.2, 0) is 6.54 Å². The lowest BCUT2D eigenvalue weighted by atomic mass is 9.96. The quantitative estimate of drug-likeness (QED) is 0.321. The van der Waals surface area contributed by atoms with Crippen molar-refractivity contribution in [3.8, 4) is 5.69 Å². The molecule has 2 aromatic carbocycles. The fraction of sp³-hybridized carbons (Fsp3) is 0.214. The van der Waals surface area contributed by atoms with Crippen molar-refractivity contribution in [2.24, 2.45) is 0 Å². The summed E-state index contributed by atoms with van der Waals surface area (Å²) in [6.45, 7) is 7.17. The van der Waals surface area contributed by atoms with Crippen LogP contribution in [0.1, 0.15) is 45.9 Å². The first-order chi connectivity index (χ1) is 16.4. The van der Waals surface area contributed by atoms with Gasteiger partial charge in [-0.15, -0.1) is 0 Å². The molecule has 1 saturated heterocycles. The molecule has 2 atom stereocenters. The van der Waals surface area contributed by atoms with Crippen molar-refractivity contribution < 1.29 is 0 Å². The first-order valence-electron chi connectivity index (χ1n) is 11.4. The molecule has 5 rings (SSSR count). The number of nitrogens with zero attached hydrogens (tertiary/aromatic N) is 3. The molecule has 0 bridgehead atoms. The van der Waals surface area contributed by atoms with Crippen molar-refractivity contribution in [2.45, 2.75) is 39.4 Å². The van der Waals surface area contributed by atoms with Crippen LogP contribution in [0.5, 0.6) is 0 Å². The van der Waals surface area contributed by atoms with E-state index in [1.807, 2.05) is 36.5 Å². The zero-order chi connectivity index (χ0) is 23.8. The molecule has 2 aromatic heterocycles. The van der Waals surface area contributed by atoms with E-state index in [0.29, 0.717) is 0 Å².